The first-order valence-corrected chi connectivity index (χ1v) is 9.62. The molecule has 0 spiro atoms. The second-order valence-electron chi connectivity index (χ2n) is 7.16. The fraction of sp³-hybridized carbons (Fsp3) is 0.364. The Morgan fingerprint density at radius 1 is 0.926 bits per heavy atom. The number of anilines is 2. The summed E-state index contributed by atoms with van der Waals surface area (Å²) in [5.74, 6) is 0.217. The second kappa shape index (κ2) is 9.33. The van der Waals surface area contributed by atoms with Crippen molar-refractivity contribution in [3.8, 4) is 0 Å². The Balaban J connectivity index is 1.59. The van der Waals surface area contributed by atoms with Crippen LogP contribution in [0.15, 0.2) is 54.6 Å². The Labute approximate surface area is 160 Å². The molecule has 2 aromatic carbocycles. The molecular formula is C22H27N3O2. The fourth-order valence-electron chi connectivity index (χ4n) is 3.55. The first-order valence-electron chi connectivity index (χ1n) is 9.62. The molecule has 0 aliphatic heterocycles. The number of carbonyl (C=O) groups excluding carboxylic acids is 2. The summed E-state index contributed by atoms with van der Waals surface area (Å²) in [7, 11) is 0. The van der Waals surface area contributed by atoms with Gasteiger partial charge in [-0.3, -0.25) is 9.59 Å². The number of carbonyl (C=O) groups is 2. The van der Waals surface area contributed by atoms with Gasteiger partial charge in [-0.15, -0.1) is 0 Å². The molecular weight excluding hydrogens is 338 g/mol. The topological polar surface area (TPSA) is 70.2 Å². The van der Waals surface area contributed by atoms with Gasteiger partial charge in [0.2, 0.25) is 5.91 Å². The summed E-state index contributed by atoms with van der Waals surface area (Å²) in [6.45, 7) is 2.49. The van der Waals surface area contributed by atoms with Crippen LogP contribution in [0.3, 0.4) is 0 Å². The van der Waals surface area contributed by atoms with Gasteiger partial charge >= 0.3 is 0 Å². The third-order valence-electron chi connectivity index (χ3n) is 5.11. The molecule has 5 heteroatoms. The molecule has 27 heavy (non-hydrogen) atoms. The smallest absolute Gasteiger partial charge is 0.257 e. The van der Waals surface area contributed by atoms with Gasteiger partial charge in [-0.2, -0.15) is 0 Å². The molecule has 0 saturated heterocycles. The first kappa shape index (κ1) is 19.1. The highest BCUT2D eigenvalue weighted by molar-refractivity contribution is 6.10. The van der Waals surface area contributed by atoms with E-state index < -0.39 is 0 Å². The number of hydrogen-bond acceptors (Lipinski definition) is 3. The van der Waals surface area contributed by atoms with E-state index in [2.05, 4.69) is 22.9 Å². The van der Waals surface area contributed by atoms with Crippen molar-refractivity contribution in [2.75, 3.05) is 17.2 Å². The Hall–Kier alpha value is -2.66. The van der Waals surface area contributed by atoms with E-state index >= 15 is 0 Å². The van der Waals surface area contributed by atoms with E-state index in [0.717, 1.165) is 12.1 Å². The second-order valence-corrected chi connectivity index (χ2v) is 7.16. The molecule has 2 atom stereocenters. The van der Waals surface area contributed by atoms with Gasteiger partial charge in [0.25, 0.3) is 5.91 Å². The molecule has 1 saturated carbocycles. The summed E-state index contributed by atoms with van der Waals surface area (Å²) < 4.78 is 0. The van der Waals surface area contributed by atoms with E-state index in [1.54, 1.807) is 18.2 Å². The first-order chi connectivity index (χ1) is 13.1. The van der Waals surface area contributed by atoms with E-state index in [1.807, 2.05) is 36.4 Å². The van der Waals surface area contributed by atoms with Crippen LogP contribution in [-0.4, -0.2) is 24.4 Å². The Morgan fingerprint density at radius 3 is 2.41 bits per heavy atom. The quantitative estimate of drug-likeness (QED) is 0.723. The SMILES string of the molecule is C[C@H]1CCCC[C@H]1NCC(=O)Nc1ccccc1C(=O)Nc1ccccc1. The summed E-state index contributed by atoms with van der Waals surface area (Å²) in [5, 5.41) is 9.09. The molecule has 1 aliphatic carbocycles. The maximum atomic E-state index is 12.6. The van der Waals surface area contributed by atoms with E-state index in [0.29, 0.717) is 23.2 Å². The molecule has 2 aromatic rings. The average molecular weight is 365 g/mol. The van der Waals surface area contributed by atoms with Gasteiger partial charge in [-0.1, -0.05) is 50.1 Å². The van der Waals surface area contributed by atoms with E-state index in [4.69, 9.17) is 0 Å². The minimum atomic E-state index is -0.244. The maximum absolute atomic E-state index is 12.6. The van der Waals surface area contributed by atoms with Gasteiger partial charge in [0, 0.05) is 11.7 Å². The number of para-hydroxylation sites is 2. The lowest BCUT2D eigenvalue weighted by molar-refractivity contribution is -0.115. The van der Waals surface area contributed by atoms with E-state index in [1.165, 1.54) is 19.3 Å². The van der Waals surface area contributed by atoms with E-state index in [9.17, 15) is 9.59 Å². The minimum Gasteiger partial charge on any atom is -0.324 e. The van der Waals surface area contributed by atoms with Crippen molar-refractivity contribution in [2.24, 2.45) is 5.92 Å². The number of amides is 2. The van der Waals surface area contributed by atoms with Crippen LogP contribution in [0.5, 0.6) is 0 Å². The zero-order chi connectivity index (χ0) is 19.1. The molecule has 3 N–H and O–H groups in total. The molecule has 0 radical (unpaired) electrons. The van der Waals surface area contributed by atoms with Crippen LogP contribution < -0.4 is 16.0 Å². The fourth-order valence-corrected chi connectivity index (χ4v) is 3.55. The average Bonchev–Trinajstić information content (AvgIpc) is 2.68. The van der Waals surface area contributed by atoms with Gasteiger partial charge in [0.15, 0.2) is 0 Å². The molecule has 2 amide bonds. The molecule has 0 bridgehead atoms. The van der Waals surface area contributed by atoms with Crippen molar-refractivity contribution in [3.63, 3.8) is 0 Å². The highest BCUT2D eigenvalue weighted by atomic mass is 16.2. The number of rotatable bonds is 6. The van der Waals surface area contributed by atoms with Crippen LogP contribution in [0, 0.1) is 5.92 Å². The zero-order valence-corrected chi connectivity index (χ0v) is 15.7. The molecule has 142 valence electrons. The van der Waals surface area contributed by atoms with Gasteiger partial charge in [-0.25, -0.2) is 0 Å². The van der Waals surface area contributed by atoms with Crippen LogP contribution >= 0.6 is 0 Å². The largest absolute Gasteiger partial charge is 0.324 e. The third kappa shape index (κ3) is 5.41. The summed E-state index contributed by atoms with van der Waals surface area (Å²) in [4.78, 5) is 25.0. The van der Waals surface area contributed by atoms with Crippen molar-refractivity contribution in [1.29, 1.82) is 0 Å². The molecule has 1 aliphatic rings. The van der Waals surface area contributed by atoms with E-state index in [-0.39, 0.29) is 18.4 Å². The normalized spacial score (nSPS) is 19.3. The monoisotopic (exact) mass is 365 g/mol. The lowest BCUT2D eigenvalue weighted by Crippen LogP contribution is -2.41. The standard InChI is InChI=1S/C22H27N3O2/c1-16-9-5-7-13-19(16)23-15-21(26)25-20-14-8-6-12-18(20)22(27)24-17-10-3-2-4-11-17/h2-4,6,8,10-12,14,16,19,23H,5,7,9,13,15H2,1H3,(H,24,27)(H,25,26)/t16-,19+/m0/s1. The molecule has 0 unspecified atom stereocenters. The summed E-state index contributed by atoms with van der Waals surface area (Å²) in [6.07, 6.45) is 4.81. The number of hydrogen-bond donors (Lipinski definition) is 3. The predicted molar refractivity (Wildman–Crippen MR) is 109 cm³/mol. The maximum Gasteiger partial charge on any atom is 0.257 e. The molecule has 0 aromatic heterocycles. The van der Waals surface area contributed by atoms with Gasteiger partial charge in [0.05, 0.1) is 17.8 Å². The number of benzene rings is 2. The Bertz CT molecular complexity index is 776. The Kier molecular flexibility index (Phi) is 6.60. The van der Waals surface area contributed by atoms with Crippen LogP contribution in [0.2, 0.25) is 0 Å². The van der Waals surface area contributed by atoms with Crippen molar-refractivity contribution in [1.82, 2.24) is 5.32 Å². The van der Waals surface area contributed by atoms with Crippen molar-refractivity contribution < 1.29 is 9.59 Å². The lowest BCUT2D eigenvalue weighted by Gasteiger charge is -2.29. The zero-order valence-electron chi connectivity index (χ0n) is 15.7. The molecule has 3 rings (SSSR count). The van der Waals surface area contributed by atoms with Crippen LogP contribution in [0.4, 0.5) is 11.4 Å². The minimum absolute atomic E-state index is 0.132. The van der Waals surface area contributed by atoms with Crippen LogP contribution in [0.1, 0.15) is 43.0 Å². The highest BCUT2D eigenvalue weighted by Gasteiger charge is 2.21. The van der Waals surface area contributed by atoms with Crippen LogP contribution in [0.25, 0.3) is 0 Å². The van der Waals surface area contributed by atoms with Crippen molar-refractivity contribution in [3.05, 3.63) is 60.2 Å². The van der Waals surface area contributed by atoms with Gasteiger partial charge in [-0.05, 0) is 43.0 Å². The summed E-state index contributed by atoms with van der Waals surface area (Å²) in [6, 6.07) is 16.7. The summed E-state index contributed by atoms with van der Waals surface area (Å²) >= 11 is 0. The molecule has 5 nitrogen and oxygen atoms in total. The summed E-state index contributed by atoms with van der Waals surface area (Å²) in [5.41, 5.74) is 1.69. The van der Waals surface area contributed by atoms with Crippen molar-refractivity contribution in [2.45, 2.75) is 38.6 Å². The van der Waals surface area contributed by atoms with Gasteiger partial charge < -0.3 is 16.0 Å². The third-order valence-corrected chi connectivity index (χ3v) is 5.11. The number of nitrogens with one attached hydrogen (secondary N) is 3. The van der Waals surface area contributed by atoms with Gasteiger partial charge in [0.1, 0.15) is 0 Å². The molecule has 0 heterocycles. The van der Waals surface area contributed by atoms with Crippen LogP contribution in [-0.2, 0) is 4.79 Å². The predicted octanol–water partition coefficient (Wildman–Crippen LogP) is 4.05. The lowest BCUT2D eigenvalue weighted by atomic mass is 9.86. The Morgan fingerprint density at radius 2 is 1.63 bits per heavy atom. The van der Waals surface area contributed by atoms with Crippen molar-refractivity contribution >= 4 is 23.2 Å². The molecule has 1 fully saturated rings. The highest BCUT2D eigenvalue weighted by Crippen LogP contribution is 2.23.